The maximum Gasteiger partial charge on any atom is 0.331 e. The smallest absolute Gasteiger partial charge is 0.331 e. The third-order valence-corrected chi connectivity index (χ3v) is 6.61. The van der Waals surface area contributed by atoms with Crippen LogP contribution >= 0.6 is 0 Å². The molecule has 0 aromatic rings. The average molecular weight is 330 g/mol. The van der Waals surface area contributed by atoms with Gasteiger partial charge in [-0.05, 0) is 24.6 Å². The van der Waals surface area contributed by atoms with Crippen molar-refractivity contribution in [2.45, 2.75) is 44.4 Å². The van der Waals surface area contributed by atoms with E-state index < -0.39 is 47.2 Å². The Labute approximate surface area is 138 Å². The lowest BCUT2D eigenvalue weighted by atomic mass is 9.49. The number of fused-ring (bicyclic) bond motifs is 4. The number of carbonyl (C=O) groups is 2. The molecule has 3 heterocycles. The van der Waals surface area contributed by atoms with Crippen molar-refractivity contribution in [2.75, 3.05) is 0 Å². The van der Waals surface area contributed by atoms with Crippen molar-refractivity contribution in [1.82, 2.24) is 0 Å². The summed E-state index contributed by atoms with van der Waals surface area (Å²) in [6.45, 7) is 7.49. The number of esters is 2. The second-order valence-electron chi connectivity index (χ2n) is 7.65. The second-order valence-corrected chi connectivity index (χ2v) is 7.65. The van der Waals surface area contributed by atoms with Crippen LogP contribution < -0.4 is 0 Å². The molecule has 0 amide bonds. The van der Waals surface area contributed by atoms with Crippen molar-refractivity contribution in [3.63, 3.8) is 0 Å². The summed E-state index contributed by atoms with van der Waals surface area (Å²) >= 11 is 0. The Balaban J connectivity index is 1.78. The van der Waals surface area contributed by atoms with E-state index in [1.807, 2.05) is 13.0 Å². The zero-order chi connectivity index (χ0) is 17.0. The van der Waals surface area contributed by atoms with Gasteiger partial charge < -0.3 is 19.3 Å². The van der Waals surface area contributed by atoms with Gasteiger partial charge in [-0.3, -0.25) is 4.79 Å². The summed E-state index contributed by atoms with van der Waals surface area (Å²) in [5.41, 5.74) is -0.0320. The van der Waals surface area contributed by atoms with Gasteiger partial charge in [0.1, 0.15) is 23.7 Å². The van der Waals surface area contributed by atoms with Gasteiger partial charge in [0.15, 0.2) is 0 Å². The van der Waals surface area contributed by atoms with Gasteiger partial charge in [-0.1, -0.05) is 13.5 Å². The van der Waals surface area contributed by atoms with Crippen LogP contribution in [-0.4, -0.2) is 47.6 Å². The van der Waals surface area contributed by atoms with Gasteiger partial charge in [0, 0.05) is 23.0 Å². The van der Waals surface area contributed by atoms with Crippen molar-refractivity contribution < 1.29 is 28.9 Å². The molecule has 0 radical (unpaired) electrons. The average Bonchev–Trinajstić information content (AvgIpc) is 3.29. The molecule has 126 valence electrons. The molecule has 24 heavy (non-hydrogen) atoms. The van der Waals surface area contributed by atoms with E-state index in [4.69, 9.17) is 14.2 Å². The third kappa shape index (κ3) is 1.33. The Kier molecular flexibility index (Phi) is 2.41. The van der Waals surface area contributed by atoms with E-state index in [9.17, 15) is 14.7 Å². The first-order valence-corrected chi connectivity index (χ1v) is 8.15. The molecular weight excluding hydrogens is 312 g/mol. The first kappa shape index (κ1) is 14.4. The molecule has 5 rings (SSSR count). The van der Waals surface area contributed by atoms with E-state index in [2.05, 4.69) is 6.58 Å². The fraction of sp³-hybridized carbons (Fsp3) is 0.556. The topological polar surface area (TPSA) is 85.4 Å². The molecule has 6 heteroatoms. The molecule has 0 unspecified atom stereocenters. The fourth-order valence-corrected chi connectivity index (χ4v) is 5.45. The van der Waals surface area contributed by atoms with Crippen LogP contribution in [0.2, 0.25) is 0 Å². The van der Waals surface area contributed by atoms with Crippen LogP contribution in [0, 0.1) is 16.7 Å². The lowest BCUT2D eigenvalue weighted by Crippen LogP contribution is -2.60. The summed E-state index contributed by atoms with van der Waals surface area (Å²) in [5, 5.41) is 10.7. The minimum Gasteiger partial charge on any atom is -0.457 e. The number of ether oxygens (including phenoxy) is 3. The Hall–Kier alpha value is -1.92. The Morgan fingerprint density at radius 3 is 2.71 bits per heavy atom. The summed E-state index contributed by atoms with van der Waals surface area (Å²) < 4.78 is 16.7. The van der Waals surface area contributed by atoms with Crippen LogP contribution in [0.5, 0.6) is 0 Å². The van der Waals surface area contributed by atoms with Gasteiger partial charge in [-0.15, -0.1) is 0 Å². The predicted octanol–water partition coefficient (Wildman–Crippen LogP) is 0.660. The number of epoxide rings is 1. The third-order valence-electron chi connectivity index (χ3n) is 6.61. The number of aliphatic hydroxyl groups is 1. The minimum absolute atomic E-state index is 0.242. The summed E-state index contributed by atoms with van der Waals surface area (Å²) in [5.74, 6) is -1.13. The van der Waals surface area contributed by atoms with Gasteiger partial charge in [-0.2, -0.15) is 0 Å². The van der Waals surface area contributed by atoms with E-state index in [1.165, 1.54) is 6.08 Å². The van der Waals surface area contributed by atoms with E-state index in [0.717, 1.165) is 11.1 Å². The minimum atomic E-state index is -1.05. The lowest BCUT2D eigenvalue weighted by molar-refractivity contribution is -0.154. The quantitative estimate of drug-likeness (QED) is 0.432. The van der Waals surface area contributed by atoms with Crippen LogP contribution in [0.25, 0.3) is 0 Å². The molecular formula is C18H18O6. The summed E-state index contributed by atoms with van der Waals surface area (Å²) in [6.07, 6.45) is 2.30. The number of cyclic esters (lactones) is 1. The molecule has 1 saturated carbocycles. The zero-order valence-electron chi connectivity index (χ0n) is 13.4. The first-order chi connectivity index (χ1) is 11.3. The van der Waals surface area contributed by atoms with E-state index in [1.54, 1.807) is 13.0 Å². The van der Waals surface area contributed by atoms with Crippen LogP contribution in [0.4, 0.5) is 0 Å². The molecule has 3 fully saturated rings. The summed E-state index contributed by atoms with van der Waals surface area (Å²) in [6, 6.07) is 0. The number of hydrogen-bond acceptors (Lipinski definition) is 6. The molecule has 2 aliphatic carbocycles. The molecule has 0 aromatic heterocycles. The van der Waals surface area contributed by atoms with Crippen molar-refractivity contribution in [3.05, 3.63) is 36.0 Å². The Morgan fingerprint density at radius 2 is 2.00 bits per heavy atom. The molecule has 0 aromatic carbocycles. The number of hydrogen-bond donors (Lipinski definition) is 1. The molecule has 6 nitrogen and oxygen atoms in total. The Morgan fingerprint density at radius 1 is 1.25 bits per heavy atom. The molecule has 0 bridgehead atoms. The van der Waals surface area contributed by atoms with E-state index in [-0.39, 0.29) is 12.0 Å². The predicted molar refractivity (Wildman–Crippen MR) is 80.5 cm³/mol. The molecule has 5 aliphatic rings. The normalized spacial score (nSPS) is 53.6. The van der Waals surface area contributed by atoms with Crippen molar-refractivity contribution in [2.24, 2.45) is 16.7 Å². The van der Waals surface area contributed by atoms with Gasteiger partial charge in [0.05, 0.1) is 12.2 Å². The van der Waals surface area contributed by atoms with Crippen LogP contribution in [-0.2, 0) is 23.8 Å². The monoisotopic (exact) mass is 330 g/mol. The highest BCUT2D eigenvalue weighted by Gasteiger charge is 2.78. The Bertz CT molecular complexity index is 765. The van der Waals surface area contributed by atoms with Crippen LogP contribution in [0.1, 0.15) is 13.8 Å². The molecule has 1 N–H and O–H groups in total. The second kappa shape index (κ2) is 4.00. The van der Waals surface area contributed by atoms with Gasteiger partial charge in [-0.25, -0.2) is 4.79 Å². The van der Waals surface area contributed by atoms with Crippen LogP contribution in [0.15, 0.2) is 36.0 Å². The van der Waals surface area contributed by atoms with Crippen molar-refractivity contribution in [3.8, 4) is 0 Å². The fourth-order valence-electron chi connectivity index (χ4n) is 5.45. The van der Waals surface area contributed by atoms with Crippen LogP contribution in [0.3, 0.4) is 0 Å². The number of aliphatic hydroxyl groups excluding tert-OH is 1. The maximum absolute atomic E-state index is 12.6. The van der Waals surface area contributed by atoms with Crippen molar-refractivity contribution in [1.29, 1.82) is 0 Å². The molecule has 3 aliphatic heterocycles. The summed E-state index contributed by atoms with van der Waals surface area (Å²) in [4.78, 5) is 24.7. The summed E-state index contributed by atoms with van der Waals surface area (Å²) in [7, 11) is 0. The number of carbonyl (C=O) groups excluding carboxylic acids is 2. The van der Waals surface area contributed by atoms with E-state index >= 15 is 0 Å². The SMILES string of the molecule is C=C[C@H]1OC(=O)C=C2C1=C[C@@H]1OC(=O)[C@]3(C)[C@H]1[C@]2(C)[C@H]1O[C@H]1[C@@H]3O. The lowest BCUT2D eigenvalue weighted by Gasteiger charge is -2.51. The first-order valence-electron chi connectivity index (χ1n) is 8.15. The van der Waals surface area contributed by atoms with Gasteiger partial charge in [0.25, 0.3) is 0 Å². The van der Waals surface area contributed by atoms with E-state index in [0.29, 0.717) is 0 Å². The highest BCUT2D eigenvalue weighted by molar-refractivity contribution is 5.88. The standard InChI is InChI=1S/C18H18O6/c1-4-9-7-5-10-13-17(2,8(7)6-11(19)22-9)15-12(24-15)14(20)18(13,3)16(21)23-10/h4-6,9-10,12-15,20H,1H2,2-3H3/t9-,10+,12+,13-,14+,15+,17-,18-/m1/s1. The largest absolute Gasteiger partial charge is 0.457 e. The molecule has 8 atom stereocenters. The van der Waals surface area contributed by atoms with Gasteiger partial charge >= 0.3 is 11.9 Å². The number of rotatable bonds is 1. The molecule has 0 spiro atoms. The van der Waals surface area contributed by atoms with Crippen molar-refractivity contribution >= 4 is 11.9 Å². The highest BCUT2D eigenvalue weighted by atomic mass is 16.6. The zero-order valence-corrected chi connectivity index (χ0v) is 13.4. The molecule has 2 saturated heterocycles. The highest BCUT2D eigenvalue weighted by Crippen LogP contribution is 2.69. The maximum atomic E-state index is 12.6. The van der Waals surface area contributed by atoms with Gasteiger partial charge in [0.2, 0.25) is 0 Å².